The molecular weight excluding hydrogens is 384 g/mol. The molecule has 28 heavy (non-hydrogen) atoms. The topological polar surface area (TPSA) is 99.4 Å². The van der Waals surface area contributed by atoms with Gasteiger partial charge in [0.2, 0.25) is 0 Å². The monoisotopic (exact) mass is 422 g/mol. The summed E-state index contributed by atoms with van der Waals surface area (Å²) in [5.41, 5.74) is -3.72. The first-order chi connectivity index (χ1) is 18.9. The minimum atomic E-state index is -4.30. The molecule has 4 N–H and O–H groups in total. The minimum Gasteiger partial charge on any atom is -0.494 e. The fourth-order valence-corrected chi connectivity index (χ4v) is 2.29. The Bertz CT molecular complexity index is 1420. The molecule has 0 amide bonds. The third-order valence-corrected chi connectivity index (χ3v) is 3.71. The Kier molecular flexibility index (Phi) is 3.10. The summed E-state index contributed by atoms with van der Waals surface area (Å²) in [5.74, 6) is -0.527. The van der Waals surface area contributed by atoms with Crippen molar-refractivity contribution in [3.63, 3.8) is 0 Å². The maximum Gasteiger partial charge on any atom is 0.119 e. The van der Waals surface area contributed by atoms with Crippen LogP contribution in [0.3, 0.4) is 0 Å². The summed E-state index contributed by atoms with van der Waals surface area (Å²) < 4.78 is 127. The predicted molar refractivity (Wildman–Crippen MR) is 105 cm³/mol. The van der Waals surface area contributed by atoms with E-state index in [1.165, 1.54) is 6.92 Å². The second-order valence-corrected chi connectivity index (χ2v) is 5.64. The Morgan fingerprint density at radius 1 is 1.14 bits per heavy atom. The highest BCUT2D eigenvalue weighted by Gasteiger charge is 2.43. The first kappa shape index (κ1) is 9.43. The van der Waals surface area contributed by atoms with Crippen LogP contribution in [0.5, 0.6) is 5.75 Å². The lowest BCUT2D eigenvalue weighted by atomic mass is 9.90. The molecule has 152 valence electrons. The molecule has 1 fully saturated rings. The number of ether oxygens (including phenoxy) is 2. The molecule has 3 rings (SSSR count). The number of aliphatic hydroxyl groups is 4. The molecule has 0 spiro atoms. The molecule has 0 aromatic heterocycles. The lowest BCUT2D eigenvalue weighted by Gasteiger charge is -2.40. The van der Waals surface area contributed by atoms with Crippen molar-refractivity contribution in [2.75, 3.05) is 13.2 Å². The Morgan fingerprint density at radius 3 is 2.50 bits per heavy atom. The number of halogens is 1. The zero-order valence-corrected chi connectivity index (χ0v) is 15.2. The normalized spacial score (nSPS) is 48.4. The van der Waals surface area contributed by atoms with Gasteiger partial charge in [0, 0.05) is 7.76 Å². The van der Waals surface area contributed by atoms with Crippen LogP contribution in [0.25, 0.3) is 0 Å². The standard InChI is InChI=1S/C21H25ClO6/c1-2-27-15-6-3-12(4-7-15)9-14-10-13(5-8-16(14)22)21-20(26)19(25)18(24)17(11-23)28-21/h3-8,10,17-21,23-26H,2,9,11H2,1H3/t17-,18-,19+,20-,21+/m1/s1/i3D,4D,5D,6D,7D,8D,9D2,10D,17D,18D,19D,20D,21D. The predicted octanol–water partition coefficient (Wildman–Crippen LogP) is 1.84. The fraction of sp³-hybridized carbons (Fsp3) is 0.429. The zero-order chi connectivity index (χ0) is 32.8. The molecule has 0 saturated carbocycles. The summed E-state index contributed by atoms with van der Waals surface area (Å²) in [4.78, 5) is 0. The van der Waals surface area contributed by atoms with Crippen LogP contribution in [0.2, 0.25) is 5.02 Å². The first-order valence-corrected chi connectivity index (χ1v) is 8.27. The molecule has 1 aliphatic rings. The molecule has 0 unspecified atom stereocenters. The van der Waals surface area contributed by atoms with Gasteiger partial charge in [-0.15, -0.1) is 0 Å². The maximum atomic E-state index is 10.9. The van der Waals surface area contributed by atoms with Crippen molar-refractivity contribution >= 4 is 11.6 Å². The Balaban J connectivity index is 2.50. The van der Waals surface area contributed by atoms with Crippen LogP contribution in [0.4, 0.5) is 0 Å². The van der Waals surface area contributed by atoms with Gasteiger partial charge in [-0.1, -0.05) is 35.8 Å². The van der Waals surface area contributed by atoms with Gasteiger partial charge in [0.05, 0.1) is 29.7 Å². The molecule has 0 bridgehead atoms. The maximum absolute atomic E-state index is 10.9. The zero-order valence-electron chi connectivity index (χ0n) is 28.4. The highest BCUT2D eigenvalue weighted by Crippen LogP contribution is 2.34. The van der Waals surface area contributed by atoms with Gasteiger partial charge in [0.15, 0.2) is 0 Å². The largest absolute Gasteiger partial charge is 0.494 e. The third-order valence-electron chi connectivity index (χ3n) is 3.43. The van der Waals surface area contributed by atoms with E-state index in [-0.39, 0.29) is 6.61 Å². The lowest BCUT2D eigenvalue weighted by molar-refractivity contribution is -0.231. The molecule has 2 aromatic carbocycles. The van der Waals surface area contributed by atoms with Crippen molar-refractivity contribution in [3.8, 4) is 5.75 Å². The SMILES string of the molecule is [2H]c1c([2H])c([C@]2([2H])O[C@]([2H])(CO)[C@@]([2H])(O)[C@]([2H])(O)[C@@]2([2H])O)c([2H])c(C([2H])([2H])c2c([2H])c([2H])c(OCC)c([2H])c2[2H])c1Cl. The Hall–Kier alpha value is -1.67. The molecule has 6 nitrogen and oxygen atoms in total. The average Bonchev–Trinajstić information content (AvgIpc) is 2.87. The summed E-state index contributed by atoms with van der Waals surface area (Å²) in [5, 5.41) is 40.5. The third kappa shape index (κ3) is 4.49. The van der Waals surface area contributed by atoms with Crippen molar-refractivity contribution in [1.82, 2.24) is 0 Å². The van der Waals surface area contributed by atoms with E-state index in [9.17, 15) is 20.4 Å². The van der Waals surface area contributed by atoms with Gasteiger partial charge in [-0.05, 0) is 48.1 Å². The highest BCUT2D eigenvalue weighted by molar-refractivity contribution is 6.31. The van der Waals surface area contributed by atoms with Gasteiger partial charge >= 0.3 is 0 Å². The number of hydrogen-bond donors (Lipinski definition) is 4. The van der Waals surface area contributed by atoms with E-state index in [4.69, 9.17) is 40.3 Å². The van der Waals surface area contributed by atoms with E-state index in [0.717, 1.165) is 0 Å². The van der Waals surface area contributed by atoms with E-state index in [0.29, 0.717) is 0 Å². The van der Waals surface area contributed by atoms with E-state index in [1.807, 2.05) is 0 Å². The second-order valence-electron chi connectivity index (χ2n) is 5.26. The van der Waals surface area contributed by atoms with Gasteiger partial charge in [0.1, 0.15) is 36.1 Å². The van der Waals surface area contributed by atoms with Gasteiger partial charge in [-0.3, -0.25) is 0 Å². The van der Waals surface area contributed by atoms with E-state index in [1.54, 1.807) is 0 Å². The van der Waals surface area contributed by atoms with Crippen LogP contribution < -0.4 is 4.74 Å². The van der Waals surface area contributed by atoms with Crippen molar-refractivity contribution in [2.24, 2.45) is 0 Å². The van der Waals surface area contributed by atoms with Crippen LogP contribution in [0, 0.1) is 0 Å². The molecule has 5 atom stereocenters. The van der Waals surface area contributed by atoms with Crippen LogP contribution >= 0.6 is 11.6 Å². The van der Waals surface area contributed by atoms with Gasteiger partial charge in [-0.25, -0.2) is 0 Å². The smallest absolute Gasteiger partial charge is 0.119 e. The van der Waals surface area contributed by atoms with Gasteiger partial charge in [0.25, 0.3) is 0 Å². The van der Waals surface area contributed by atoms with Crippen LogP contribution in [0.1, 0.15) is 48.9 Å². The number of hydrogen-bond acceptors (Lipinski definition) is 6. The number of aliphatic hydroxyl groups excluding tert-OH is 1. The molecule has 1 heterocycles. The lowest BCUT2D eigenvalue weighted by Crippen LogP contribution is -2.55. The summed E-state index contributed by atoms with van der Waals surface area (Å²) >= 11 is 6.16. The van der Waals surface area contributed by atoms with Gasteiger partial charge in [-0.2, -0.15) is 0 Å². The highest BCUT2D eigenvalue weighted by atomic mass is 35.5. The molecule has 7 heteroatoms. The van der Waals surface area contributed by atoms with E-state index in [2.05, 4.69) is 0 Å². The number of rotatable bonds is 6. The van der Waals surface area contributed by atoms with Crippen molar-refractivity contribution in [2.45, 2.75) is 43.7 Å². The summed E-state index contributed by atoms with van der Waals surface area (Å²) in [6.07, 6.45) is -23.6. The van der Waals surface area contributed by atoms with Crippen molar-refractivity contribution in [3.05, 3.63) is 64.0 Å². The van der Waals surface area contributed by atoms with E-state index < -0.39 is 113 Å². The first-order valence-electron chi connectivity index (χ1n) is 14.9. The van der Waals surface area contributed by atoms with Gasteiger partial charge < -0.3 is 29.9 Å². The minimum absolute atomic E-state index is 0.0785. The van der Waals surface area contributed by atoms with Crippen molar-refractivity contribution in [1.29, 1.82) is 0 Å². The molecule has 1 aliphatic heterocycles. The average molecular weight is 423 g/mol. The Labute approximate surface area is 188 Å². The molecular formula is C21H25ClO6. The quantitative estimate of drug-likeness (QED) is 0.567. The number of benzene rings is 2. The van der Waals surface area contributed by atoms with Crippen LogP contribution in [-0.2, 0) is 11.1 Å². The van der Waals surface area contributed by atoms with Crippen molar-refractivity contribution < 1.29 is 49.1 Å². The van der Waals surface area contributed by atoms with Crippen LogP contribution in [0.15, 0.2) is 42.3 Å². The van der Waals surface area contributed by atoms with Crippen LogP contribution in [-0.4, -0.2) is 58.0 Å². The fourth-order valence-electron chi connectivity index (χ4n) is 2.14. The second kappa shape index (κ2) is 9.22. The Morgan fingerprint density at radius 2 is 1.86 bits per heavy atom. The molecule has 1 saturated heterocycles. The molecule has 0 radical (unpaired) electrons. The van der Waals surface area contributed by atoms with E-state index >= 15 is 0 Å². The summed E-state index contributed by atoms with van der Waals surface area (Å²) in [6, 6.07) is -7.63. The molecule has 0 aliphatic carbocycles. The summed E-state index contributed by atoms with van der Waals surface area (Å²) in [7, 11) is 0. The summed E-state index contributed by atoms with van der Waals surface area (Å²) in [6.45, 7) is -0.342. The molecule has 2 aromatic rings.